The Hall–Kier alpha value is -1.87. The summed E-state index contributed by atoms with van der Waals surface area (Å²) in [6, 6.07) is 0. The van der Waals surface area contributed by atoms with Gasteiger partial charge in [0.15, 0.2) is 0 Å². The number of amides is 2. The third-order valence-corrected chi connectivity index (χ3v) is 7.93. The minimum Gasteiger partial charge on any atom is -0.480 e. The predicted octanol–water partition coefficient (Wildman–Crippen LogP) is 0.630. The summed E-state index contributed by atoms with van der Waals surface area (Å²) in [7, 11) is 0. The molecular weight excluding hydrogens is 352 g/mol. The van der Waals surface area contributed by atoms with Crippen LogP contribution in [-0.4, -0.2) is 44.6 Å². The van der Waals surface area contributed by atoms with Gasteiger partial charge in [0.2, 0.25) is 11.8 Å². The van der Waals surface area contributed by atoms with E-state index in [0.717, 1.165) is 38.1 Å². The molecule has 1 saturated heterocycles. The van der Waals surface area contributed by atoms with Gasteiger partial charge in [-0.15, -0.1) is 0 Å². The fraction of sp³-hybridized carbons (Fsp3) is 0.467. The third-order valence-electron chi connectivity index (χ3n) is 5.53. The molecule has 24 heavy (non-hydrogen) atoms. The fourth-order valence-corrected chi connectivity index (χ4v) is 7.21. The molecule has 2 aliphatic heterocycles. The van der Waals surface area contributed by atoms with E-state index in [1.807, 2.05) is 6.08 Å². The van der Waals surface area contributed by atoms with Crippen LogP contribution in [0.2, 0.25) is 0 Å². The maximum absolute atomic E-state index is 12.6. The monoisotopic (exact) mass is 364 g/mol. The molecule has 1 aromatic rings. The zero-order valence-corrected chi connectivity index (χ0v) is 13.9. The molecule has 2 aliphatic carbocycles. The number of thioether (sulfide) groups is 1. The number of hydrogen-bond acceptors (Lipinski definition) is 6. The Bertz CT molecular complexity index is 900. The highest BCUT2D eigenvalue weighted by Crippen LogP contribution is 2.64. The van der Waals surface area contributed by atoms with Crippen molar-refractivity contribution in [3.05, 3.63) is 20.1 Å². The van der Waals surface area contributed by atoms with Crippen LogP contribution >= 0.6 is 23.1 Å². The third kappa shape index (κ3) is 1.68. The van der Waals surface area contributed by atoms with Gasteiger partial charge in [0, 0.05) is 5.25 Å². The molecule has 2 amide bonds. The summed E-state index contributed by atoms with van der Waals surface area (Å²) in [4.78, 5) is 52.2. The lowest BCUT2D eigenvalue weighted by Crippen LogP contribution is -2.37. The van der Waals surface area contributed by atoms with Gasteiger partial charge in [-0.1, -0.05) is 28.7 Å². The number of carboxylic acid groups (broad SMARTS) is 1. The van der Waals surface area contributed by atoms with Gasteiger partial charge < -0.3 is 10.1 Å². The van der Waals surface area contributed by atoms with Crippen molar-refractivity contribution < 1.29 is 19.5 Å². The Balaban J connectivity index is 1.55. The molecule has 9 heteroatoms. The number of carbonyl (C=O) groups excluding carboxylic acids is 2. The van der Waals surface area contributed by atoms with E-state index in [1.54, 1.807) is 11.8 Å². The number of thiazole rings is 1. The van der Waals surface area contributed by atoms with Gasteiger partial charge in [0.1, 0.15) is 6.54 Å². The van der Waals surface area contributed by atoms with E-state index in [-0.39, 0.29) is 33.8 Å². The molecule has 4 aliphatic rings. The normalized spacial score (nSPS) is 35.8. The zero-order valence-electron chi connectivity index (χ0n) is 12.2. The van der Waals surface area contributed by atoms with Crippen molar-refractivity contribution in [1.29, 1.82) is 0 Å². The highest BCUT2D eigenvalue weighted by molar-refractivity contribution is 8.00. The van der Waals surface area contributed by atoms with E-state index in [9.17, 15) is 19.2 Å². The molecule has 0 unspecified atom stereocenters. The van der Waals surface area contributed by atoms with Gasteiger partial charge in [-0.25, -0.2) is 0 Å². The topological polar surface area (TPSA) is 108 Å². The van der Waals surface area contributed by atoms with Crippen LogP contribution in [0, 0.1) is 23.7 Å². The number of aromatic amines is 1. The summed E-state index contributed by atoms with van der Waals surface area (Å²) in [6.45, 7) is -0.554. The summed E-state index contributed by atoms with van der Waals surface area (Å²) in [5.41, 5.74) is 1.13. The number of carboxylic acids is 1. The molecule has 0 aromatic carbocycles. The molecule has 2 N–H and O–H groups in total. The Morgan fingerprint density at radius 2 is 2.04 bits per heavy atom. The van der Waals surface area contributed by atoms with Crippen molar-refractivity contribution in [2.24, 2.45) is 23.7 Å². The number of nitrogens with one attached hydrogen (secondary N) is 1. The second kappa shape index (κ2) is 4.60. The smallest absolute Gasteiger partial charge is 0.323 e. The van der Waals surface area contributed by atoms with Gasteiger partial charge >= 0.3 is 10.8 Å². The second-order valence-electron chi connectivity index (χ2n) is 6.60. The summed E-state index contributed by atoms with van der Waals surface area (Å²) >= 11 is 2.72. The number of likely N-dealkylation sites (tertiary alicyclic amines) is 1. The van der Waals surface area contributed by atoms with Crippen molar-refractivity contribution in [2.75, 3.05) is 6.54 Å². The zero-order chi connectivity index (χ0) is 16.7. The molecule has 5 rings (SSSR count). The highest BCUT2D eigenvalue weighted by Gasteiger charge is 2.66. The quantitative estimate of drug-likeness (QED) is 0.746. The molecule has 3 heterocycles. The minimum absolute atomic E-state index is 0.0157. The van der Waals surface area contributed by atoms with Crippen LogP contribution in [0.15, 0.2) is 15.4 Å². The molecule has 7 nitrogen and oxygen atoms in total. The van der Waals surface area contributed by atoms with Crippen LogP contribution < -0.4 is 4.87 Å². The Kier molecular flexibility index (Phi) is 2.78. The maximum atomic E-state index is 12.6. The Morgan fingerprint density at radius 3 is 2.79 bits per heavy atom. The van der Waals surface area contributed by atoms with Crippen LogP contribution in [-0.2, 0) is 14.4 Å². The first kappa shape index (κ1) is 14.5. The van der Waals surface area contributed by atoms with Gasteiger partial charge in [0.05, 0.1) is 21.7 Å². The van der Waals surface area contributed by atoms with Crippen molar-refractivity contribution in [2.45, 2.75) is 16.7 Å². The molecule has 1 aromatic heterocycles. The summed E-state index contributed by atoms with van der Waals surface area (Å²) in [5.74, 6) is -2.69. The number of fused-ring (bicyclic) bond motifs is 9. The predicted molar refractivity (Wildman–Crippen MR) is 85.5 cm³/mol. The van der Waals surface area contributed by atoms with Crippen LogP contribution in [0.4, 0.5) is 0 Å². The first-order valence-electron chi connectivity index (χ1n) is 7.64. The van der Waals surface area contributed by atoms with Crippen LogP contribution in [0.3, 0.4) is 0 Å². The standard InChI is InChI=1S/C15H12N2O5S2/c18-8(19)3-17-13(20)9-4-1-6(10(9)14(17)21)11-5(4)2-7-12(24-11)16-15(22)23-7/h2,4,6,9-11H,1,3H2,(H,16,22)(H,18,19)/t4-,6-,9+,10-,11+/m0/s1. The average molecular weight is 364 g/mol. The van der Waals surface area contributed by atoms with E-state index in [2.05, 4.69) is 4.98 Å². The van der Waals surface area contributed by atoms with Gasteiger partial charge in [-0.3, -0.25) is 24.1 Å². The first-order valence-corrected chi connectivity index (χ1v) is 9.33. The molecule has 0 spiro atoms. The van der Waals surface area contributed by atoms with Crippen molar-refractivity contribution >= 4 is 47.0 Å². The van der Waals surface area contributed by atoms with E-state index in [0.29, 0.717) is 0 Å². The number of hydrogen-bond donors (Lipinski definition) is 2. The van der Waals surface area contributed by atoms with Crippen LogP contribution in [0.5, 0.6) is 0 Å². The molecule has 124 valence electrons. The number of rotatable bonds is 2. The lowest BCUT2D eigenvalue weighted by atomic mass is 9.77. The first-order chi connectivity index (χ1) is 11.5. The largest absolute Gasteiger partial charge is 0.480 e. The van der Waals surface area contributed by atoms with E-state index < -0.39 is 24.3 Å². The van der Waals surface area contributed by atoms with Gasteiger partial charge in [0.25, 0.3) is 0 Å². The molecule has 5 atom stereocenters. The summed E-state index contributed by atoms with van der Waals surface area (Å²) in [6.07, 6.45) is 2.79. The number of H-pyrrole nitrogens is 1. The summed E-state index contributed by atoms with van der Waals surface area (Å²) in [5, 5.41) is 9.88. The molecule has 0 radical (unpaired) electrons. The van der Waals surface area contributed by atoms with E-state index >= 15 is 0 Å². The lowest BCUT2D eigenvalue weighted by Gasteiger charge is -2.32. The number of nitrogens with zero attached hydrogens (tertiary/aromatic N) is 1. The molecule has 2 bridgehead atoms. The highest BCUT2D eigenvalue weighted by atomic mass is 32.2. The molecule has 3 fully saturated rings. The number of aliphatic carboxylic acids is 1. The van der Waals surface area contributed by atoms with Crippen molar-refractivity contribution in [3.63, 3.8) is 0 Å². The SMILES string of the molecule is O=C(O)CN1C(=O)[C@H]2[C@@H]3C[C@@H](C4=Cc5sc(=O)[nH]c5S[C@H]43)[C@H]2C1=O. The number of aromatic nitrogens is 1. The molecule has 2 saturated carbocycles. The fourth-order valence-electron chi connectivity index (χ4n) is 4.77. The minimum atomic E-state index is -1.17. The Morgan fingerprint density at radius 1 is 1.29 bits per heavy atom. The number of imide groups is 1. The molecular formula is C15H12N2O5S2. The van der Waals surface area contributed by atoms with Crippen molar-refractivity contribution in [3.8, 4) is 0 Å². The average Bonchev–Trinajstić information content (AvgIpc) is 3.21. The second-order valence-corrected chi connectivity index (χ2v) is 8.77. The summed E-state index contributed by atoms with van der Waals surface area (Å²) < 4.78 is 0. The van der Waals surface area contributed by atoms with E-state index in [1.165, 1.54) is 0 Å². The van der Waals surface area contributed by atoms with E-state index in [4.69, 9.17) is 5.11 Å². The lowest BCUT2D eigenvalue weighted by molar-refractivity contribution is -0.149. The number of carbonyl (C=O) groups is 3. The maximum Gasteiger partial charge on any atom is 0.323 e. The van der Waals surface area contributed by atoms with Crippen LogP contribution in [0.1, 0.15) is 11.3 Å². The van der Waals surface area contributed by atoms with Gasteiger partial charge in [-0.05, 0) is 24.3 Å². The Labute approximate surface area is 143 Å². The van der Waals surface area contributed by atoms with Crippen LogP contribution in [0.25, 0.3) is 6.08 Å². The van der Waals surface area contributed by atoms with Crippen molar-refractivity contribution in [1.82, 2.24) is 9.88 Å². The van der Waals surface area contributed by atoms with Gasteiger partial charge in [-0.2, -0.15) is 0 Å².